The molecule has 0 aromatic heterocycles. The summed E-state index contributed by atoms with van der Waals surface area (Å²) in [5, 5.41) is 0. The largest absolute Gasteiger partial charge is 0.598 e. The summed E-state index contributed by atoms with van der Waals surface area (Å²) in [6.45, 7) is 8.21. The molecule has 2 nitrogen and oxygen atoms in total. The maximum atomic E-state index is 11.8. The highest BCUT2D eigenvalue weighted by Crippen LogP contribution is 2.36. The van der Waals surface area contributed by atoms with E-state index in [1.165, 1.54) is 19.3 Å². The lowest BCUT2D eigenvalue weighted by molar-refractivity contribution is 0.212. The molecule has 13 heavy (non-hydrogen) atoms. The van der Waals surface area contributed by atoms with Crippen molar-refractivity contribution in [2.45, 2.75) is 63.7 Å². The third kappa shape index (κ3) is 2.61. The average Bonchev–Trinajstić information content (AvgIpc) is 1.94. The second kappa shape index (κ2) is 3.79. The molecule has 3 heteroatoms. The monoisotopic (exact) mass is 203 g/mol. The van der Waals surface area contributed by atoms with E-state index in [-0.39, 0.29) is 10.3 Å². The highest BCUT2D eigenvalue weighted by Gasteiger charge is 2.42. The van der Waals surface area contributed by atoms with Crippen LogP contribution in [0.5, 0.6) is 0 Å². The van der Waals surface area contributed by atoms with Crippen LogP contribution in [-0.4, -0.2) is 14.8 Å². The van der Waals surface area contributed by atoms with Crippen molar-refractivity contribution < 1.29 is 4.55 Å². The van der Waals surface area contributed by atoms with Crippen molar-refractivity contribution in [1.29, 1.82) is 0 Å². The van der Waals surface area contributed by atoms with Gasteiger partial charge in [0.2, 0.25) is 0 Å². The first-order chi connectivity index (χ1) is 5.90. The summed E-state index contributed by atoms with van der Waals surface area (Å²) in [6.07, 6.45) is 4.74. The van der Waals surface area contributed by atoms with Crippen molar-refractivity contribution in [1.82, 2.24) is 4.72 Å². The maximum absolute atomic E-state index is 11.8. The van der Waals surface area contributed by atoms with Gasteiger partial charge in [-0.25, -0.2) is 0 Å². The zero-order valence-corrected chi connectivity index (χ0v) is 9.96. The Morgan fingerprint density at radius 3 is 2.15 bits per heavy atom. The molecule has 1 atom stereocenters. The Morgan fingerprint density at radius 1 is 1.38 bits per heavy atom. The van der Waals surface area contributed by atoms with Crippen LogP contribution in [0.1, 0.15) is 53.4 Å². The molecule has 0 bridgehead atoms. The van der Waals surface area contributed by atoms with Crippen LogP contribution < -0.4 is 4.72 Å². The van der Waals surface area contributed by atoms with Gasteiger partial charge in [0.1, 0.15) is 4.75 Å². The zero-order valence-electron chi connectivity index (χ0n) is 9.14. The Morgan fingerprint density at radius 2 is 1.92 bits per heavy atom. The lowest BCUT2D eigenvalue weighted by Crippen LogP contribution is -2.56. The van der Waals surface area contributed by atoms with E-state index in [0.717, 1.165) is 6.42 Å². The van der Waals surface area contributed by atoms with Crippen LogP contribution in [-0.2, 0) is 11.4 Å². The van der Waals surface area contributed by atoms with Gasteiger partial charge in [-0.2, -0.15) is 0 Å². The summed E-state index contributed by atoms with van der Waals surface area (Å²) >= 11 is -0.905. The summed E-state index contributed by atoms with van der Waals surface area (Å²) < 4.78 is 15.0. The molecule has 78 valence electrons. The Labute approximate surface area is 84.8 Å². The van der Waals surface area contributed by atoms with E-state index in [9.17, 15) is 4.55 Å². The minimum atomic E-state index is -0.905. The summed E-state index contributed by atoms with van der Waals surface area (Å²) in [5.41, 5.74) is 0.193. The predicted molar refractivity (Wildman–Crippen MR) is 57.9 cm³/mol. The molecule has 0 aromatic carbocycles. The summed E-state index contributed by atoms with van der Waals surface area (Å²) in [6, 6.07) is 0. The molecule has 0 amide bonds. The van der Waals surface area contributed by atoms with Gasteiger partial charge in [0.15, 0.2) is 0 Å². The van der Waals surface area contributed by atoms with Crippen molar-refractivity contribution in [2.75, 3.05) is 0 Å². The third-order valence-corrected chi connectivity index (χ3v) is 4.58. The minimum absolute atomic E-state index is 0.141. The van der Waals surface area contributed by atoms with Crippen LogP contribution in [0, 0.1) is 0 Å². The third-order valence-electron chi connectivity index (χ3n) is 2.85. The Bertz CT molecular complexity index is 167. The highest BCUT2D eigenvalue weighted by atomic mass is 32.2. The highest BCUT2D eigenvalue weighted by molar-refractivity contribution is 7.90. The molecule has 0 spiro atoms. The number of hydrogen-bond donors (Lipinski definition) is 1. The Balaban J connectivity index is 2.47. The topological polar surface area (TPSA) is 35.1 Å². The van der Waals surface area contributed by atoms with Gasteiger partial charge < -0.3 is 4.55 Å². The van der Waals surface area contributed by atoms with Gasteiger partial charge in [-0.3, -0.25) is 0 Å². The van der Waals surface area contributed by atoms with Crippen LogP contribution in [0.4, 0.5) is 0 Å². The fourth-order valence-electron chi connectivity index (χ4n) is 1.48. The van der Waals surface area contributed by atoms with Gasteiger partial charge in [0, 0.05) is 11.4 Å². The molecule has 0 aliphatic heterocycles. The lowest BCUT2D eigenvalue weighted by atomic mass is 9.76. The van der Waals surface area contributed by atoms with Crippen molar-refractivity contribution in [3.63, 3.8) is 0 Å². The van der Waals surface area contributed by atoms with E-state index in [0.29, 0.717) is 0 Å². The molecule has 1 rings (SSSR count). The van der Waals surface area contributed by atoms with Crippen LogP contribution in [0.3, 0.4) is 0 Å². The van der Waals surface area contributed by atoms with Gasteiger partial charge in [0.05, 0.1) is 5.54 Å². The summed E-state index contributed by atoms with van der Waals surface area (Å²) in [4.78, 5) is 0. The first-order valence-electron chi connectivity index (χ1n) is 5.09. The van der Waals surface area contributed by atoms with Crippen LogP contribution >= 0.6 is 0 Å². The van der Waals surface area contributed by atoms with Crippen LogP contribution in [0.15, 0.2) is 0 Å². The molecule has 0 aromatic rings. The first kappa shape index (κ1) is 11.3. The second-order valence-corrected chi connectivity index (χ2v) is 6.94. The van der Waals surface area contributed by atoms with Crippen molar-refractivity contribution >= 4 is 11.4 Å². The van der Waals surface area contributed by atoms with Crippen molar-refractivity contribution in [3.8, 4) is 0 Å². The predicted octanol–water partition coefficient (Wildman–Crippen LogP) is 2.37. The fraction of sp³-hybridized carbons (Fsp3) is 1.00. The van der Waals surface area contributed by atoms with Gasteiger partial charge >= 0.3 is 0 Å². The van der Waals surface area contributed by atoms with E-state index in [2.05, 4.69) is 11.6 Å². The number of rotatable bonds is 3. The van der Waals surface area contributed by atoms with E-state index in [4.69, 9.17) is 0 Å². The van der Waals surface area contributed by atoms with Gasteiger partial charge in [0.25, 0.3) is 0 Å². The van der Waals surface area contributed by atoms with E-state index >= 15 is 0 Å². The molecule has 1 saturated carbocycles. The molecule has 1 aliphatic carbocycles. The zero-order chi connectivity index (χ0) is 10.1. The molecular weight excluding hydrogens is 182 g/mol. The fourth-order valence-corrected chi connectivity index (χ4v) is 2.53. The Kier molecular flexibility index (Phi) is 3.31. The average molecular weight is 203 g/mol. The molecule has 0 heterocycles. The molecule has 1 N–H and O–H groups in total. The van der Waals surface area contributed by atoms with Gasteiger partial charge in [-0.1, -0.05) is 6.92 Å². The normalized spacial score (nSPS) is 23.8. The second-order valence-electron chi connectivity index (χ2n) is 4.97. The van der Waals surface area contributed by atoms with Gasteiger partial charge in [-0.15, -0.1) is 4.72 Å². The van der Waals surface area contributed by atoms with Gasteiger partial charge in [-0.05, 0) is 46.5 Å². The summed E-state index contributed by atoms with van der Waals surface area (Å²) in [5.74, 6) is 0. The molecular formula is C10H21NOS. The van der Waals surface area contributed by atoms with Crippen molar-refractivity contribution in [3.05, 3.63) is 0 Å². The molecule has 1 unspecified atom stereocenters. The number of nitrogens with one attached hydrogen (secondary N) is 1. The first-order valence-corrected chi connectivity index (χ1v) is 6.24. The van der Waals surface area contributed by atoms with Crippen LogP contribution in [0.2, 0.25) is 0 Å². The summed E-state index contributed by atoms with van der Waals surface area (Å²) in [7, 11) is 0. The minimum Gasteiger partial charge on any atom is -0.598 e. The quantitative estimate of drug-likeness (QED) is 0.715. The van der Waals surface area contributed by atoms with Crippen molar-refractivity contribution in [2.24, 2.45) is 0 Å². The van der Waals surface area contributed by atoms with Crippen LogP contribution in [0.25, 0.3) is 0 Å². The molecule has 1 fully saturated rings. The smallest absolute Gasteiger partial charge is 0.136 e. The molecule has 1 aliphatic rings. The number of hydrogen-bond acceptors (Lipinski definition) is 2. The van der Waals surface area contributed by atoms with E-state index < -0.39 is 11.4 Å². The van der Waals surface area contributed by atoms with E-state index in [1.807, 2.05) is 20.8 Å². The SMILES string of the molecule is CCC1(N[S+]([O-])C(C)(C)C)CCC1. The lowest BCUT2D eigenvalue weighted by Gasteiger charge is -2.43. The maximum Gasteiger partial charge on any atom is 0.136 e. The standard InChI is InChI=1S/C10H21NOS/c1-5-10(7-6-8-10)11-13(12)9(2,3)4/h11H,5-8H2,1-4H3. The molecule has 0 radical (unpaired) electrons. The molecule has 0 saturated heterocycles. The Hall–Kier alpha value is 0.270. The van der Waals surface area contributed by atoms with E-state index in [1.54, 1.807) is 0 Å².